The highest BCUT2D eigenvalue weighted by atomic mass is 16.6. The Balaban J connectivity index is 4.21. The van der Waals surface area contributed by atoms with Gasteiger partial charge in [0.05, 0.1) is 0 Å². The van der Waals surface area contributed by atoms with Gasteiger partial charge >= 0.3 is 17.9 Å². The van der Waals surface area contributed by atoms with Crippen molar-refractivity contribution in [3.05, 3.63) is 0 Å². The maximum atomic E-state index is 12.7. The average molecular weight is 849 g/mol. The van der Waals surface area contributed by atoms with Crippen LogP contribution >= 0.6 is 0 Å². The van der Waals surface area contributed by atoms with E-state index in [1.54, 1.807) is 0 Å². The number of hydrogen-bond donors (Lipinski definition) is 0. The lowest BCUT2D eigenvalue weighted by atomic mass is 10.0. The largest absolute Gasteiger partial charge is 0.462 e. The van der Waals surface area contributed by atoms with Gasteiger partial charge in [-0.05, 0) is 25.2 Å². The number of hydrogen-bond acceptors (Lipinski definition) is 6. The summed E-state index contributed by atoms with van der Waals surface area (Å²) in [6.45, 7) is 9.04. The molecule has 6 heteroatoms. The third kappa shape index (κ3) is 47.5. The van der Waals surface area contributed by atoms with Gasteiger partial charge in [0.25, 0.3) is 0 Å². The van der Waals surface area contributed by atoms with E-state index in [4.69, 9.17) is 14.2 Å². The Morgan fingerprint density at radius 2 is 0.550 bits per heavy atom. The van der Waals surface area contributed by atoms with Gasteiger partial charge in [-0.25, -0.2) is 0 Å². The normalized spacial score (nSPS) is 11.9. The predicted octanol–water partition coefficient (Wildman–Crippen LogP) is 17.5. The van der Waals surface area contributed by atoms with Crippen LogP contribution in [0.5, 0.6) is 0 Å². The van der Waals surface area contributed by atoms with Crippen molar-refractivity contribution >= 4 is 17.9 Å². The molecule has 0 aromatic carbocycles. The maximum absolute atomic E-state index is 12.7. The SMILES string of the molecule is CCCCCCCCCCCCCCCC(=O)OC[C@H](COC(=O)CCCCCCCCCCCCCCCCCCC(C)C)OC(=O)CCCCCCCCCCCC. The number of esters is 3. The summed E-state index contributed by atoms with van der Waals surface area (Å²) < 4.78 is 16.8. The van der Waals surface area contributed by atoms with Crippen LogP contribution in [0, 0.1) is 5.92 Å². The van der Waals surface area contributed by atoms with E-state index in [2.05, 4.69) is 27.7 Å². The molecule has 0 bridgehead atoms. The molecule has 0 aliphatic carbocycles. The van der Waals surface area contributed by atoms with E-state index in [1.807, 2.05) is 0 Å². The quantitative estimate of drug-likeness (QED) is 0.0345. The molecule has 0 amide bonds. The number of rotatable bonds is 49. The molecule has 0 spiro atoms. The van der Waals surface area contributed by atoms with Crippen LogP contribution in [-0.2, 0) is 28.6 Å². The van der Waals surface area contributed by atoms with Crippen LogP contribution in [0.2, 0.25) is 0 Å². The van der Waals surface area contributed by atoms with Crippen LogP contribution in [0.1, 0.15) is 304 Å². The van der Waals surface area contributed by atoms with Gasteiger partial charge in [-0.3, -0.25) is 14.4 Å². The van der Waals surface area contributed by atoms with Gasteiger partial charge in [-0.15, -0.1) is 0 Å². The van der Waals surface area contributed by atoms with Crippen LogP contribution in [-0.4, -0.2) is 37.2 Å². The second kappa shape index (κ2) is 48.4. The summed E-state index contributed by atoms with van der Waals surface area (Å²) >= 11 is 0. The summed E-state index contributed by atoms with van der Waals surface area (Å²) in [5.74, 6) is 0.0101. The predicted molar refractivity (Wildman–Crippen MR) is 257 cm³/mol. The Bertz CT molecular complexity index is 903. The number of ether oxygens (including phenoxy) is 3. The molecule has 60 heavy (non-hydrogen) atoms. The highest BCUT2D eigenvalue weighted by molar-refractivity contribution is 5.71. The molecular weight excluding hydrogens is 745 g/mol. The third-order valence-electron chi connectivity index (χ3n) is 12.3. The minimum Gasteiger partial charge on any atom is -0.462 e. The van der Waals surface area contributed by atoms with Crippen molar-refractivity contribution in [1.82, 2.24) is 0 Å². The molecule has 0 fully saturated rings. The molecule has 0 radical (unpaired) electrons. The summed E-state index contributed by atoms with van der Waals surface area (Å²) in [4.78, 5) is 37.9. The summed E-state index contributed by atoms with van der Waals surface area (Å²) in [6.07, 6.45) is 50.9. The molecule has 0 unspecified atom stereocenters. The summed E-state index contributed by atoms with van der Waals surface area (Å²) in [7, 11) is 0. The molecule has 1 atom stereocenters. The first-order valence-electron chi connectivity index (χ1n) is 26.9. The molecule has 6 nitrogen and oxygen atoms in total. The number of unbranched alkanes of at least 4 members (excludes halogenated alkanes) is 36. The first-order chi connectivity index (χ1) is 29.4. The molecule has 0 aliphatic heterocycles. The monoisotopic (exact) mass is 849 g/mol. The minimum atomic E-state index is -0.760. The van der Waals surface area contributed by atoms with Crippen molar-refractivity contribution in [2.75, 3.05) is 13.2 Å². The second-order valence-electron chi connectivity index (χ2n) is 19.0. The molecule has 0 aromatic heterocycles. The van der Waals surface area contributed by atoms with Gasteiger partial charge < -0.3 is 14.2 Å². The van der Waals surface area contributed by atoms with Crippen LogP contribution in [0.15, 0.2) is 0 Å². The molecular formula is C54H104O6. The lowest BCUT2D eigenvalue weighted by molar-refractivity contribution is -0.167. The van der Waals surface area contributed by atoms with E-state index in [0.29, 0.717) is 19.3 Å². The second-order valence-corrected chi connectivity index (χ2v) is 19.0. The van der Waals surface area contributed by atoms with Gasteiger partial charge in [0.15, 0.2) is 6.10 Å². The molecule has 356 valence electrons. The molecule has 0 N–H and O–H groups in total. The molecule has 0 rings (SSSR count). The van der Waals surface area contributed by atoms with Gasteiger partial charge in [-0.2, -0.15) is 0 Å². The Morgan fingerprint density at radius 1 is 0.317 bits per heavy atom. The molecule has 0 aliphatic rings. The summed E-state index contributed by atoms with van der Waals surface area (Å²) in [5, 5.41) is 0. The Hall–Kier alpha value is -1.59. The first-order valence-corrected chi connectivity index (χ1v) is 26.9. The van der Waals surface area contributed by atoms with Crippen molar-refractivity contribution < 1.29 is 28.6 Å². The Labute approximate surface area is 374 Å². The lowest BCUT2D eigenvalue weighted by Gasteiger charge is -2.18. The molecule has 0 aromatic rings. The average Bonchev–Trinajstić information content (AvgIpc) is 3.23. The highest BCUT2D eigenvalue weighted by Crippen LogP contribution is 2.17. The third-order valence-corrected chi connectivity index (χ3v) is 12.3. The van der Waals surface area contributed by atoms with Crippen molar-refractivity contribution in [3.8, 4) is 0 Å². The van der Waals surface area contributed by atoms with E-state index >= 15 is 0 Å². The molecule has 0 heterocycles. The number of carbonyl (C=O) groups is 3. The van der Waals surface area contributed by atoms with E-state index in [1.165, 1.54) is 199 Å². The van der Waals surface area contributed by atoms with Gasteiger partial charge in [0, 0.05) is 19.3 Å². The fourth-order valence-electron chi connectivity index (χ4n) is 8.22. The van der Waals surface area contributed by atoms with Gasteiger partial charge in [0.2, 0.25) is 0 Å². The Kier molecular flexibility index (Phi) is 47.2. The van der Waals surface area contributed by atoms with E-state index in [9.17, 15) is 14.4 Å². The molecule has 0 saturated carbocycles. The first kappa shape index (κ1) is 58.4. The lowest BCUT2D eigenvalue weighted by Crippen LogP contribution is -2.30. The maximum Gasteiger partial charge on any atom is 0.306 e. The fourth-order valence-corrected chi connectivity index (χ4v) is 8.22. The zero-order valence-electron chi connectivity index (χ0n) is 40.9. The van der Waals surface area contributed by atoms with E-state index in [-0.39, 0.29) is 31.1 Å². The molecule has 0 saturated heterocycles. The number of carbonyl (C=O) groups excluding carboxylic acids is 3. The van der Waals surface area contributed by atoms with Crippen LogP contribution in [0.25, 0.3) is 0 Å². The van der Waals surface area contributed by atoms with E-state index < -0.39 is 6.10 Å². The zero-order chi connectivity index (χ0) is 43.8. The van der Waals surface area contributed by atoms with Crippen molar-refractivity contribution in [2.24, 2.45) is 5.92 Å². The topological polar surface area (TPSA) is 78.9 Å². The zero-order valence-corrected chi connectivity index (χ0v) is 40.9. The minimum absolute atomic E-state index is 0.0624. The van der Waals surface area contributed by atoms with Crippen LogP contribution < -0.4 is 0 Å². The fraction of sp³-hybridized carbons (Fsp3) is 0.944. The Morgan fingerprint density at radius 3 is 0.817 bits per heavy atom. The smallest absolute Gasteiger partial charge is 0.306 e. The summed E-state index contributed by atoms with van der Waals surface area (Å²) in [5.41, 5.74) is 0. The van der Waals surface area contributed by atoms with Gasteiger partial charge in [-0.1, -0.05) is 265 Å². The van der Waals surface area contributed by atoms with Crippen molar-refractivity contribution in [1.29, 1.82) is 0 Å². The van der Waals surface area contributed by atoms with Crippen molar-refractivity contribution in [2.45, 2.75) is 310 Å². The van der Waals surface area contributed by atoms with Crippen molar-refractivity contribution in [3.63, 3.8) is 0 Å². The highest BCUT2D eigenvalue weighted by Gasteiger charge is 2.19. The van der Waals surface area contributed by atoms with Crippen LogP contribution in [0.3, 0.4) is 0 Å². The van der Waals surface area contributed by atoms with Crippen LogP contribution in [0.4, 0.5) is 0 Å². The van der Waals surface area contributed by atoms with Gasteiger partial charge in [0.1, 0.15) is 13.2 Å². The standard InChI is InChI=1S/C54H104O6/c1-5-7-9-11-13-15-17-22-26-30-33-37-41-45-52(55)58-48-51(60-54(57)47-43-39-35-29-16-14-12-10-8-6-2)49-59-53(56)46-42-38-34-31-27-24-21-19-18-20-23-25-28-32-36-40-44-50(3)4/h50-51H,5-49H2,1-4H3/t51-/m1/s1. The van der Waals surface area contributed by atoms with E-state index in [0.717, 1.165) is 63.7 Å². The summed E-state index contributed by atoms with van der Waals surface area (Å²) in [6, 6.07) is 0.